The summed E-state index contributed by atoms with van der Waals surface area (Å²) in [5.74, 6) is 2.27. The molecule has 2 atom stereocenters. The lowest BCUT2D eigenvalue weighted by atomic mass is 9.89. The van der Waals surface area contributed by atoms with Crippen molar-refractivity contribution in [1.82, 2.24) is 15.1 Å². The Bertz CT molecular complexity index is 385. The molecule has 1 saturated heterocycles. The number of amides is 1. The number of rotatable bonds is 7. The van der Waals surface area contributed by atoms with Gasteiger partial charge in [0.05, 0.1) is 0 Å². The van der Waals surface area contributed by atoms with Crippen LogP contribution in [0.3, 0.4) is 0 Å². The summed E-state index contributed by atoms with van der Waals surface area (Å²) in [5.41, 5.74) is 0. The summed E-state index contributed by atoms with van der Waals surface area (Å²) < 4.78 is 5.37. The molecule has 0 aliphatic carbocycles. The number of nitrogens with zero attached hydrogens (tertiary/aromatic N) is 3. The lowest BCUT2D eigenvalue weighted by Gasteiger charge is -2.37. The van der Waals surface area contributed by atoms with E-state index in [0.29, 0.717) is 5.92 Å². The van der Waals surface area contributed by atoms with Gasteiger partial charge >= 0.3 is 0 Å². The molecule has 0 radical (unpaired) electrons. The summed E-state index contributed by atoms with van der Waals surface area (Å²) in [4.78, 5) is 20.2. The van der Waals surface area contributed by atoms with E-state index in [0.717, 1.165) is 51.1 Å². The first-order valence-corrected chi connectivity index (χ1v) is 8.76. The Labute approximate surface area is 141 Å². The summed E-state index contributed by atoms with van der Waals surface area (Å²) in [6.07, 6.45) is 2.11. The lowest BCUT2D eigenvalue weighted by molar-refractivity contribution is -0.127. The number of carbonyl (C=O) groups is 1. The number of likely N-dealkylation sites (tertiary alicyclic amines) is 1. The molecule has 2 unspecified atom stereocenters. The summed E-state index contributed by atoms with van der Waals surface area (Å²) >= 11 is 0. The zero-order valence-electron chi connectivity index (χ0n) is 15.5. The van der Waals surface area contributed by atoms with Crippen LogP contribution in [-0.2, 0) is 9.53 Å². The Balaban J connectivity index is 2.60. The van der Waals surface area contributed by atoms with Crippen LogP contribution in [0.5, 0.6) is 0 Å². The number of ether oxygens (including phenoxy) is 1. The molecular weight excluding hydrogens is 292 g/mol. The van der Waals surface area contributed by atoms with E-state index in [1.807, 2.05) is 6.92 Å². The van der Waals surface area contributed by atoms with Crippen molar-refractivity contribution < 1.29 is 9.53 Å². The van der Waals surface area contributed by atoms with Gasteiger partial charge in [-0.2, -0.15) is 0 Å². The number of carbonyl (C=O) groups excluding carboxylic acids is 1. The van der Waals surface area contributed by atoms with Gasteiger partial charge in [0, 0.05) is 46.9 Å². The maximum absolute atomic E-state index is 11.8. The van der Waals surface area contributed by atoms with Gasteiger partial charge in [0.15, 0.2) is 5.96 Å². The topological polar surface area (TPSA) is 57.2 Å². The highest BCUT2D eigenvalue weighted by atomic mass is 16.5. The highest BCUT2D eigenvalue weighted by molar-refractivity contribution is 5.84. The first kappa shape index (κ1) is 19.7. The fourth-order valence-electron chi connectivity index (χ4n) is 2.53. The van der Waals surface area contributed by atoms with Crippen molar-refractivity contribution in [2.24, 2.45) is 16.8 Å². The molecule has 0 aromatic rings. The smallest absolute Gasteiger partial charge is 0.243 e. The Hall–Kier alpha value is -1.30. The van der Waals surface area contributed by atoms with E-state index < -0.39 is 0 Å². The monoisotopic (exact) mass is 326 g/mol. The molecule has 1 heterocycles. The number of piperidine rings is 1. The Morgan fingerprint density at radius 2 is 2.09 bits per heavy atom. The summed E-state index contributed by atoms with van der Waals surface area (Å²) in [6.45, 7) is 11.1. The average Bonchev–Trinajstić information content (AvgIpc) is 2.52. The molecule has 1 amide bonds. The summed E-state index contributed by atoms with van der Waals surface area (Å²) in [6, 6.07) is 0. The highest BCUT2D eigenvalue weighted by Crippen LogP contribution is 2.22. The normalized spacial score (nSPS) is 22.1. The van der Waals surface area contributed by atoms with Gasteiger partial charge in [-0.15, -0.1) is 0 Å². The summed E-state index contributed by atoms with van der Waals surface area (Å²) in [5, 5.41) is 3.40. The zero-order valence-corrected chi connectivity index (χ0v) is 15.5. The molecule has 6 heteroatoms. The van der Waals surface area contributed by atoms with Crippen LogP contribution in [0.4, 0.5) is 0 Å². The number of hydrogen-bond acceptors (Lipinski definition) is 3. The zero-order chi connectivity index (χ0) is 17.2. The van der Waals surface area contributed by atoms with Crippen molar-refractivity contribution >= 4 is 11.9 Å². The van der Waals surface area contributed by atoms with Gasteiger partial charge < -0.3 is 19.9 Å². The molecule has 0 aromatic carbocycles. The first-order chi connectivity index (χ1) is 11.0. The van der Waals surface area contributed by atoms with Crippen molar-refractivity contribution in [3.05, 3.63) is 0 Å². The Morgan fingerprint density at radius 3 is 2.70 bits per heavy atom. The number of aliphatic imine (C=N–C) groups is 1. The van der Waals surface area contributed by atoms with E-state index in [1.54, 1.807) is 19.0 Å². The van der Waals surface area contributed by atoms with E-state index in [-0.39, 0.29) is 12.5 Å². The van der Waals surface area contributed by atoms with Crippen molar-refractivity contribution in [2.45, 2.75) is 33.6 Å². The minimum Gasteiger partial charge on any atom is -0.382 e. The van der Waals surface area contributed by atoms with Gasteiger partial charge in [0.1, 0.15) is 6.54 Å². The van der Waals surface area contributed by atoms with Gasteiger partial charge in [-0.1, -0.05) is 13.8 Å². The molecule has 0 saturated carbocycles. The molecule has 134 valence electrons. The molecular formula is C17H34N4O2. The molecule has 0 aromatic heterocycles. The molecule has 1 aliphatic heterocycles. The number of likely N-dealkylation sites (N-methyl/N-ethyl adjacent to an activating group) is 1. The maximum Gasteiger partial charge on any atom is 0.243 e. The van der Waals surface area contributed by atoms with E-state index >= 15 is 0 Å². The van der Waals surface area contributed by atoms with Gasteiger partial charge in [-0.3, -0.25) is 4.79 Å². The Morgan fingerprint density at radius 1 is 1.35 bits per heavy atom. The molecule has 1 aliphatic rings. The lowest BCUT2D eigenvalue weighted by Crippen LogP contribution is -2.48. The summed E-state index contributed by atoms with van der Waals surface area (Å²) in [7, 11) is 3.52. The maximum atomic E-state index is 11.8. The van der Waals surface area contributed by atoms with E-state index in [1.165, 1.54) is 6.42 Å². The van der Waals surface area contributed by atoms with E-state index in [9.17, 15) is 4.79 Å². The van der Waals surface area contributed by atoms with Gasteiger partial charge in [-0.25, -0.2) is 4.99 Å². The predicted octanol–water partition coefficient (Wildman–Crippen LogP) is 1.42. The van der Waals surface area contributed by atoms with Crippen molar-refractivity contribution in [3.63, 3.8) is 0 Å². The minimum absolute atomic E-state index is 0.0250. The first-order valence-electron chi connectivity index (χ1n) is 8.76. The van der Waals surface area contributed by atoms with Crippen molar-refractivity contribution in [3.8, 4) is 0 Å². The van der Waals surface area contributed by atoms with Gasteiger partial charge in [-0.05, 0) is 31.6 Å². The highest BCUT2D eigenvalue weighted by Gasteiger charge is 2.24. The number of hydrogen-bond donors (Lipinski definition) is 1. The third kappa shape index (κ3) is 7.20. The minimum atomic E-state index is 0.0250. The fourth-order valence-corrected chi connectivity index (χ4v) is 2.53. The predicted molar refractivity (Wildman–Crippen MR) is 94.6 cm³/mol. The quantitative estimate of drug-likeness (QED) is 0.437. The second-order valence-electron chi connectivity index (χ2n) is 6.59. The third-order valence-electron chi connectivity index (χ3n) is 4.45. The van der Waals surface area contributed by atoms with Crippen LogP contribution in [0, 0.1) is 11.8 Å². The second kappa shape index (κ2) is 10.5. The van der Waals surface area contributed by atoms with Crippen LogP contribution in [-0.4, -0.2) is 75.2 Å². The van der Waals surface area contributed by atoms with E-state index in [2.05, 4.69) is 29.1 Å². The van der Waals surface area contributed by atoms with Crippen molar-refractivity contribution in [2.75, 3.05) is 53.5 Å². The fraction of sp³-hybridized carbons (Fsp3) is 0.882. The van der Waals surface area contributed by atoms with Crippen LogP contribution in [0.2, 0.25) is 0 Å². The Kier molecular flexibility index (Phi) is 8.99. The second-order valence-corrected chi connectivity index (χ2v) is 6.59. The molecule has 1 rings (SSSR count). The molecule has 6 nitrogen and oxygen atoms in total. The third-order valence-corrected chi connectivity index (χ3v) is 4.45. The standard InChI is InChI=1S/C17H34N4O2/c1-6-23-11-7-9-18-17(19-12-16(22)20(4)5)21-10-8-14(2)15(3)13-21/h14-15H,6-13H2,1-5H3,(H,18,19). The molecule has 23 heavy (non-hydrogen) atoms. The van der Waals surface area contributed by atoms with Crippen LogP contribution in [0.25, 0.3) is 0 Å². The number of nitrogens with one attached hydrogen (secondary N) is 1. The van der Waals surface area contributed by atoms with Crippen LogP contribution >= 0.6 is 0 Å². The van der Waals surface area contributed by atoms with E-state index in [4.69, 9.17) is 4.74 Å². The van der Waals surface area contributed by atoms with Crippen LogP contribution < -0.4 is 5.32 Å². The number of guanidine groups is 1. The van der Waals surface area contributed by atoms with Crippen LogP contribution in [0.1, 0.15) is 33.6 Å². The average molecular weight is 326 g/mol. The molecule has 1 fully saturated rings. The molecule has 1 N–H and O–H groups in total. The molecule has 0 bridgehead atoms. The van der Waals surface area contributed by atoms with Gasteiger partial charge in [0.2, 0.25) is 5.91 Å². The largest absolute Gasteiger partial charge is 0.382 e. The van der Waals surface area contributed by atoms with Crippen LogP contribution in [0.15, 0.2) is 4.99 Å². The van der Waals surface area contributed by atoms with Gasteiger partial charge in [0.25, 0.3) is 0 Å². The SMILES string of the molecule is CCOCCCNC(=NCC(=O)N(C)C)N1CCC(C)C(C)C1. The van der Waals surface area contributed by atoms with Crippen molar-refractivity contribution in [1.29, 1.82) is 0 Å². The molecule has 0 spiro atoms.